The Morgan fingerprint density at radius 2 is 2.08 bits per heavy atom. The molecule has 3 rings (SSSR count). The first-order valence-corrected chi connectivity index (χ1v) is 8.68. The average molecular weight is 345 g/mol. The Balaban J connectivity index is 1.61. The molecule has 1 aromatic carbocycles. The van der Waals surface area contributed by atoms with Gasteiger partial charge in [0.25, 0.3) is 5.91 Å². The summed E-state index contributed by atoms with van der Waals surface area (Å²) < 4.78 is 5.78. The van der Waals surface area contributed by atoms with Crippen LogP contribution in [0.1, 0.15) is 41.3 Å². The third kappa shape index (κ3) is 3.88. The van der Waals surface area contributed by atoms with Crippen LogP contribution in [0.15, 0.2) is 36.7 Å². The number of amides is 1. The number of rotatable bonds is 5. The highest BCUT2D eigenvalue weighted by Gasteiger charge is 2.18. The molecular weight excluding hydrogens is 324 g/mol. The van der Waals surface area contributed by atoms with E-state index in [1.807, 2.05) is 31.3 Å². The first kappa shape index (κ1) is 16.8. The maximum Gasteiger partial charge on any atom is 0.253 e. The van der Waals surface area contributed by atoms with Gasteiger partial charge in [-0.05, 0) is 55.9 Å². The summed E-state index contributed by atoms with van der Waals surface area (Å²) in [6.45, 7) is 2.32. The minimum Gasteiger partial charge on any atom is -0.487 e. The largest absolute Gasteiger partial charge is 0.487 e. The molecule has 1 aromatic heterocycles. The van der Waals surface area contributed by atoms with Crippen molar-refractivity contribution in [3.05, 3.63) is 58.4 Å². The fourth-order valence-corrected chi connectivity index (χ4v) is 3.16. The molecule has 126 valence electrons. The number of ether oxygens (including phenoxy) is 1. The Morgan fingerprint density at radius 3 is 2.92 bits per heavy atom. The van der Waals surface area contributed by atoms with Crippen LogP contribution in [0, 0.1) is 0 Å². The standard InChI is InChI=1S/C19H21ClN2O2/c1-13(24-18-9-5-4-8-17(18)20)10-22-19(23)16-12-21-11-14-6-2-3-7-15(14)16/h4-5,8-9,11-13H,2-3,6-7,10H2,1H3,(H,22,23). The number of fused-ring (bicyclic) bond motifs is 1. The number of hydrogen-bond donors (Lipinski definition) is 1. The summed E-state index contributed by atoms with van der Waals surface area (Å²) in [5, 5.41) is 3.51. The fourth-order valence-electron chi connectivity index (χ4n) is 2.98. The van der Waals surface area contributed by atoms with Gasteiger partial charge in [0.1, 0.15) is 11.9 Å². The van der Waals surface area contributed by atoms with Crippen molar-refractivity contribution >= 4 is 17.5 Å². The number of halogens is 1. The zero-order valence-corrected chi connectivity index (χ0v) is 14.5. The first-order valence-electron chi connectivity index (χ1n) is 8.30. The van der Waals surface area contributed by atoms with Gasteiger partial charge in [-0.1, -0.05) is 23.7 Å². The maximum absolute atomic E-state index is 12.5. The summed E-state index contributed by atoms with van der Waals surface area (Å²) in [6.07, 6.45) is 7.63. The summed E-state index contributed by atoms with van der Waals surface area (Å²) in [7, 11) is 0. The van der Waals surface area contributed by atoms with Crippen LogP contribution in [0.5, 0.6) is 5.75 Å². The molecule has 5 heteroatoms. The molecule has 1 N–H and O–H groups in total. The number of benzene rings is 1. The Labute approximate surface area is 147 Å². The number of nitrogens with zero attached hydrogens (tertiary/aromatic N) is 1. The topological polar surface area (TPSA) is 51.2 Å². The molecule has 24 heavy (non-hydrogen) atoms. The number of carbonyl (C=O) groups is 1. The molecule has 1 heterocycles. The zero-order chi connectivity index (χ0) is 16.9. The van der Waals surface area contributed by atoms with E-state index in [0.29, 0.717) is 22.9 Å². The van der Waals surface area contributed by atoms with Crippen LogP contribution in [-0.4, -0.2) is 23.5 Å². The van der Waals surface area contributed by atoms with Crippen molar-refractivity contribution in [2.75, 3.05) is 6.54 Å². The molecule has 0 bridgehead atoms. The second-order valence-corrected chi connectivity index (χ2v) is 6.51. The monoisotopic (exact) mass is 344 g/mol. The van der Waals surface area contributed by atoms with E-state index in [4.69, 9.17) is 16.3 Å². The van der Waals surface area contributed by atoms with E-state index in [0.717, 1.165) is 24.8 Å². The Kier molecular flexibility index (Phi) is 5.36. The van der Waals surface area contributed by atoms with Gasteiger partial charge in [-0.2, -0.15) is 0 Å². The minimum absolute atomic E-state index is 0.0872. The van der Waals surface area contributed by atoms with Gasteiger partial charge in [0.15, 0.2) is 0 Å². The second kappa shape index (κ2) is 7.67. The predicted molar refractivity (Wildman–Crippen MR) is 94.8 cm³/mol. The third-order valence-electron chi connectivity index (χ3n) is 4.23. The number of aromatic nitrogens is 1. The van der Waals surface area contributed by atoms with Crippen molar-refractivity contribution in [2.24, 2.45) is 0 Å². The lowest BCUT2D eigenvalue weighted by molar-refractivity contribution is 0.0930. The van der Waals surface area contributed by atoms with Gasteiger partial charge < -0.3 is 10.1 Å². The fraction of sp³-hybridized carbons (Fsp3) is 0.368. The molecule has 1 atom stereocenters. The Bertz CT molecular complexity index is 733. The highest BCUT2D eigenvalue weighted by Crippen LogP contribution is 2.25. The van der Waals surface area contributed by atoms with E-state index >= 15 is 0 Å². The molecule has 0 saturated carbocycles. The summed E-state index contributed by atoms with van der Waals surface area (Å²) in [5.41, 5.74) is 3.04. The minimum atomic E-state index is -0.179. The van der Waals surface area contributed by atoms with Gasteiger partial charge in [0, 0.05) is 12.4 Å². The average Bonchev–Trinajstić information content (AvgIpc) is 2.61. The van der Waals surface area contributed by atoms with Crippen molar-refractivity contribution in [2.45, 2.75) is 38.7 Å². The van der Waals surface area contributed by atoms with Crippen molar-refractivity contribution < 1.29 is 9.53 Å². The lowest BCUT2D eigenvalue weighted by Crippen LogP contribution is -2.34. The van der Waals surface area contributed by atoms with Crippen molar-refractivity contribution in [3.63, 3.8) is 0 Å². The Morgan fingerprint density at radius 1 is 1.29 bits per heavy atom. The molecule has 1 amide bonds. The third-order valence-corrected chi connectivity index (χ3v) is 4.54. The second-order valence-electron chi connectivity index (χ2n) is 6.10. The molecule has 1 aliphatic rings. The molecule has 0 radical (unpaired) electrons. The van der Waals surface area contributed by atoms with E-state index in [1.54, 1.807) is 12.3 Å². The van der Waals surface area contributed by atoms with Gasteiger partial charge in [-0.25, -0.2) is 0 Å². The van der Waals surface area contributed by atoms with E-state index in [1.165, 1.54) is 12.0 Å². The van der Waals surface area contributed by atoms with Gasteiger partial charge in [-0.15, -0.1) is 0 Å². The molecule has 2 aromatic rings. The van der Waals surface area contributed by atoms with Gasteiger partial charge in [-0.3, -0.25) is 9.78 Å². The van der Waals surface area contributed by atoms with E-state index < -0.39 is 0 Å². The van der Waals surface area contributed by atoms with Crippen LogP contribution < -0.4 is 10.1 Å². The number of carbonyl (C=O) groups excluding carboxylic acids is 1. The smallest absolute Gasteiger partial charge is 0.253 e. The normalized spacial score (nSPS) is 14.6. The molecule has 0 aliphatic heterocycles. The van der Waals surface area contributed by atoms with Crippen LogP contribution in [0.4, 0.5) is 0 Å². The van der Waals surface area contributed by atoms with Crippen LogP contribution in [0.25, 0.3) is 0 Å². The maximum atomic E-state index is 12.5. The van der Waals surface area contributed by atoms with Gasteiger partial charge in [0.2, 0.25) is 0 Å². The van der Waals surface area contributed by atoms with Crippen LogP contribution in [-0.2, 0) is 12.8 Å². The molecule has 0 fully saturated rings. The zero-order valence-electron chi connectivity index (χ0n) is 13.7. The Hall–Kier alpha value is -2.07. The number of aryl methyl sites for hydroxylation is 1. The number of para-hydroxylation sites is 1. The quantitative estimate of drug-likeness (QED) is 0.897. The lowest BCUT2D eigenvalue weighted by Gasteiger charge is -2.19. The van der Waals surface area contributed by atoms with E-state index in [2.05, 4.69) is 10.3 Å². The van der Waals surface area contributed by atoms with Crippen LogP contribution in [0.2, 0.25) is 5.02 Å². The SMILES string of the molecule is CC(CNC(=O)c1cncc2c1CCCC2)Oc1ccccc1Cl. The van der Waals surface area contributed by atoms with Gasteiger partial charge >= 0.3 is 0 Å². The van der Waals surface area contributed by atoms with E-state index in [9.17, 15) is 4.79 Å². The van der Waals surface area contributed by atoms with E-state index in [-0.39, 0.29) is 12.0 Å². The highest BCUT2D eigenvalue weighted by atomic mass is 35.5. The number of nitrogens with one attached hydrogen (secondary N) is 1. The predicted octanol–water partition coefficient (Wildman–Crippen LogP) is 3.81. The van der Waals surface area contributed by atoms with Crippen molar-refractivity contribution in [3.8, 4) is 5.75 Å². The molecule has 1 aliphatic carbocycles. The van der Waals surface area contributed by atoms with Crippen molar-refractivity contribution in [1.82, 2.24) is 10.3 Å². The molecule has 1 unspecified atom stereocenters. The lowest BCUT2D eigenvalue weighted by atomic mass is 9.90. The van der Waals surface area contributed by atoms with Crippen LogP contribution >= 0.6 is 11.6 Å². The highest BCUT2D eigenvalue weighted by molar-refractivity contribution is 6.32. The number of hydrogen-bond acceptors (Lipinski definition) is 3. The summed E-state index contributed by atoms with van der Waals surface area (Å²) in [6, 6.07) is 7.32. The molecule has 0 spiro atoms. The molecule has 4 nitrogen and oxygen atoms in total. The summed E-state index contributed by atoms with van der Waals surface area (Å²) in [4.78, 5) is 16.7. The molecule has 0 saturated heterocycles. The molecular formula is C19H21ClN2O2. The first-order chi connectivity index (χ1) is 11.6. The number of pyridine rings is 1. The summed E-state index contributed by atoms with van der Waals surface area (Å²) >= 11 is 6.09. The van der Waals surface area contributed by atoms with Gasteiger partial charge in [0.05, 0.1) is 17.1 Å². The van der Waals surface area contributed by atoms with Crippen LogP contribution in [0.3, 0.4) is 0 Å². The summed E-state index contributed by atoms with van der Waals surface area (Å²) in [5.74, 6) is 0.538. The van der Waals surface area contributed by atoms with Crippen molar-refractivity contribution in [1.29, 1.82) is 0 Å².